The molecule has 4 rings (SSSR count). The van der Waals surface area contributed by atoms with E-state index in [9.17, 15) is 0 Å². The number of rotatable bonds is 3. The molecule has 0 amide bonds. The predicted octanol–water partition coefficient (Wildman–Crippen LogP) is 6.94. The van der Waals surface area contributed by atoms with Crippen LogP contribution < -0.4 is 0 Å². The molecule has 0 spiro atoms. The molecule has 1 aliphatic rings. The number of hydrogen-bond donors (Lipinski definition) is 0. The van der Waals surface area contributed by atoms with Crippen LogP contribution in [0.3, 0.4) is 0 Å². The lowest BCUT2D eigenvalue weighted by molar-refractivity contribution is 0.517. The molecule has 1 saturated carbocycles. The van der Waals surface area contributed by atoms with Gasteiger partial charge in [-0.2, -0.15) is 0 Å². The van der Waals surface area contributed by atoms with Crippen LogP contribution >= 0.6 is 0 Å². The molecule has 1 heterocycles. The molecule has 1 aromatic heterocycles. The monoisotopic (exact) mass is 339 g/mol. The van der Waals surface area contributed by atoms with Gasteiger partial charge in [-0.1, -0.05) is 72.3 Å². The Morgan fingerprint density at radius 1 is 0.769 bits per heavy atom. The predicted molar refractivity (Wildman–Crippen MR) is 110 cm³/mol. The van der Waals surface area contributed by atoms with E-state index in [1.54, 1.807) is 0 Å². The summed E-state index contributed by atoms with van der Waals surface area (Å²) in [5.41, 5.74) is 8.78. The highest BCUT2D eigenvalue weighted by atomic mass is 14.7. The molecule has 1 heteroatoms. The van der Waals surface area contributed by atoms with Gasteiger partial charge in [-0.25, -0.2) is 0 Å². The van der Waals surface area contributed by atoms with Gasteiger partial charge in [0.1, 0.15) is 0 Å². The van der Waals surface area contributed by atoms with Crippen molar-refractivity contribution in [2.75, 3.05) is 0 Å². The van der Waals surface area contributed by atoms with Crippen LogP contribution in [0, 0.1) is 6.92 Å². The van der Waals surface area contributed by atoms with Gasteiger partial charge < -0.3 is 0 Å². The highest BCUT2D eigenvalue weighted by molar-refractivity contribution is 5.69. The second kappa shape index (κ2) is 7.29. The number of pyridine rings is 1. The second-order valence-corrected chi connectivity index (χ2v) is 7.44. The molecule has 0 radical (unpaired) electrons. The quantitative estimate of drug-likeness (QED) is 0.471. The standard InChI is InChI=1S/C25H25N/c1-18-3-7-20(8-4-18)21-11-13-23(14-12-21)25-16-15-24(17-26-25)22-9-5-19(2)6-10-22/h3-4,7-8,11-17,22H,2,5-6,9-10H2,1H3. The van der Waals surface area contributed by atoms with Crippen molar-refractivity contribution in [3.63, 3.8) is 0 Å². The Morgan fingerprint density at radius 3 is 1.92 bits per heavy atom. The number of aryl methyl sites for hydroxylation is 1. The maximum absolute atomic E-state index is 4.73. The Morgan fingerprint density at radius 2 is 1.35 bits per heavy atom. The summed E-state index contributed by atoms with van der Waals surface area (Å²) in [5.74, 6) is 0.644. The van der Waals surface area contributed by atoms with E-state index in [-0.39, 0.29) is 0 Å². The van der Waals surface area contributed by atoms with Crippen LogP contribution in [0.25, 0.3) is 22.4 Å². The lowest BCUT2D eigenvalue weighted by atomic mass is 9.82. The summed E-state index contributed by atoms with van der Waals surface area (Å²) in [6.45, 7) is 6.23. The van der Waals surface area contributed by atoms with E-state index < -0.39 is 0 Å². The highest BCUT2D eigenvalue weighted by Gasteiger charge is 2.17. The zero-order valence-electron chi connectivity index (χ0n) is 15.4. The van der Waals surface area contributed by atoms with Crippen molar-refractivity contribution in [3.05, 3.63) is 90.1 Å². The topological polar surface area (TPSA) is 12.9 Å². The lowest BCUT2D eigenvalue weighted by Crippen LogP contribution is -2.06. The van der Waals surface area contributed by atoms with Gasteiger partial charge >= 0.3 is 0 Å². The Kier molecular flexibility index (Phi) is 4.71. The summed E-state index contributed by atoms with van der Waals surface area (Å²) in [7, 11) is 0. The molecule has 0 N–H and O–H groups in total. The third-order valence-corrected chi connectivity index (χ3v) is 5.52. The normalized spacial score (nSPS) is 15.2. The minimum atomic E-state index is 0.644. The fourth-order valence-corrected chi connectivity index (χ4v) is 3.76. The molecule has 130 valence electrons. The third-order valence-electron chi connectivity index (χ3n) is 5.52. The average molecular weight is 339 g/mol. The third kappa shape index (κ3) is 3.62. The maximum Gasteiger partial charge on any atom is 0.0702 e. The summed E-state index contributed by atoms with van der Waals surface area (Å²) in [5, 5.41) is 0. The largest absolute Gasteiger partial charge is 0.256 e. The molecule has 3 aromatic rings. The molecule has 0 saturated heterocycles. The summed E-state index contributed by atoms with van der Waals surface area (Å²) >= 11 is 0. The smallest absolute Gasteiger partial charge is 0.0702 e. The number of aromatic nitrogens is 1. The van der Waals surface area contributed by atoms with Gasteiger partial charge in [-0.15, -0.1) is 0 Å². The van der Waals surface area contributed by atoms with Gasteiger partial charge in [0.15, 0.2) is 0 Å². The van der Waals surface area contributed by atoms with Gasteiger partial charge in [0.05, 0.1) is 5.69 Å². The molecule has 1 nitrogen and oxygen atoms in total. The Hall–Kier alpha value is -2.67. The first-order valence-electron chi connectivity index (χ1n) is 9.49. The van der Waals surface area contributed by atoms with Crippen LogP contribution in [0.5, 0.6) is 0 Å². The Labute approximate surface area is 156 Å². The van der Waals surface area contributed by atoms with Crippen molar-refractivity contribution in [1.29, 1.82) is 0 Å². The van der Waals surface area contributed by atoms with E-state index in [0.29, 0.717) is 5.92 Å². The number of hydrogen-bond acceptors (Lipinski definition) is 1. The molecular weight excluding hydrogens is 314 g/mol. The molecular formula is C25H25N. The van der Waals surface area contributed by atoms with Crippen LogP contribution in [0.15, 0.2) is 79.0 Å². The van der Waals surface area contributed by atoms with Gasteiger partial charge in [0.25, 0.3) is 0 Å². The SMILES string of the molecule is C=C1CCC(c2ccc(-c3ccc(-c4ccc(C)cc4)cc3)nc2)CC1. The van der Waals surface area contributed by atoms with Crippen molar-refractivity contribution in [2.45, 2.75) is 38.5 Å². The first kappa shape index (κ1) is 16.8. The Balaban J connectivity index is 1.50. The lowest BCUT2D eigenvalue weighted by Gasteiger charge is -2.23. The van der Waals surface area contributed by atoms with Crippen molar-refractivity contribution in [2.24, 2.45) is 0 Å². The van der Waals surface area contributed by atoms with E-state index in [0.717, 1.165) is 18.5 Å². The molecule has 0 aliphatic heterocycles. The number of allylic oxidation sites excluding steroid dienone is 1. The van der Waals surface area contributed by atoms with Gasteiger partial charge in [0.2, 0.25) is 0 Å². The summed E-state index contributed by atoms with van der Waals surface area (Å²) in [6.07, 6.45) is 6.82. The first-order valence-corrected chi connectivity index (χ1v) is 9.49. The van der Waals surface area contributed by atoms with E-state index in [2.05, 4.69) is 80.4 Å². The molecule has 1 aliphatic carbocycles. The van der Waals surface area contributed by atoms with Crippen molar-refractivity contribution < 1.29 is 0 Å². The highest BCUT2D eigenvalue weighted by Crippen LogP contribution is 2.35. The van der Waals surface area contributed by atoms with Gasteiger partial charge in [-0.05, 0) is 61.3 Å². The zero-order chi connectivity index (χ0) is 17.9. The zero-order valence-corrected chi connectivity index (χ0v) is 15.4. The van der Waals surface area contributed by atoms with Crippen LogP contribution in [-0.2, 0) is 0 Å². The molecule has 26 heavy (non-hydrogen) atoms. The van der Waals surface area contributed by atoms with E-state index in [1.165, 1.54) is 46.2 Å². The van der Waals surface area contributed by atoms with Crippen molar-refractivity contribution in [1.82, 2.24) is 4.98 Å². The minimum absolute atomic E-state index is 0.644. The number of nitrogens with zero attached hydrogens (tertiary/aromatic N) is 1. The fourth-order valence-electron chi connectivity index (χ4n) is 3.76. The summed E-state index contributed by atoms with van der Waals surface area (Å²) in [6, 6.07) is 21.8. The van der Waals surface area contributed by atoms with Crippen LogP contribution in [0.4, 0.5) is 0 Å². The molecule has 2 aromatic carbocycles. The van der Waals surface area contributed by atoms with Crippen LogP contribution in [-0.4, -0.2) is 4.98 Å². The second-order valence-electron chi connectivity index (χ2n) is 7.44. The Bertz CT molecular complexity index is 876. The molecule has 0 bridgehead atoms. The summed E-state index contributed by atoms with van der Waals surface area (Å²) < 4.78 is 0. The fraction of sp³-hybridized carbons (Fsp3) is 0.240. The van der Waals surface area contributed by atoms with Crippen LogP contribution in [0.1, 0.15) is 42.7 Å². The maximum atomic E-state index is 4.73. The van der Waals surface area contributed by atoms with E-state index >= 15 is 0 Å². The summed E-state index contributed by atoms with van der Waals surface area (Å²) in [4.78, 5) is 4.73. The molecule has 1 fully saturated rings. The van der Waals surface area contributed by atoms with Gasteiger partial charge in [-0.3, -0.25) is 4.98 Å². The number of benzene rings is 2. The molecule has 0 unspecified atom stereocenters. The van der Waals surface area contributed by atoms with Crippen LogP contribution in [0.2, 0.25) is 0 Å². The molecule has 0 atom stereocenters. The first-order chi connectivity index (χ1) is 12.7. The van der Waals surface area contributed by atoms with Crippen molar-refractivity contribution in [3.8, 4) is 22.4 Å². The van der Waals surface area contributed by atoms with Gasteiger partial charge in [0, 0.05) is 11.8 Å². The average Bonchev–Trinajstić information content (AvgIpc) is 2.70. The van der Waals surface area contributed by atoms with E-state index in [4.69, 9.17) is 4.98 Å². The minimum Gasteiger partial charge on any atom is -0.256 e. The van der Waals surface area contributed by atoms with E-state index in [1.807, 2.05) is 0 Å². The van der Waals surface area contributed by atoms with Crippen molar-refractivity contribution >= 4 is 0 Å².